The lowest BCUT2D eigenvalue weighted by Crippen LogP contribution is -2.43. The molecule has 1 N–H and O–H groups in total. The molecule has 4 heteroatoms. The highest BCUT2D eigenvalue weighted by Crippen LogP contribution is 2.46. The van der Waals surface area contributed by atoms with E-state index in [1.54, 1.807) is 6.07 Å². The van der Waals surface area contributed by atoms with Crippen molar-refractivity contribution < 1.29 is 18.7 Å². The number of furan rings is 1. The van der Waals surface area contributed by atoms with E-state index < -0.39 is 17.2 Å². The van der Waals surface area contributed by atoms with Gasteiger partial charge in [-0.25, -0.2) is 4.39 Å². The van der Waals surface area contributed by atoms with Crippen LogP contribution in [0.5, 0.6) is 0 Å². The van der Waals surface area contributed by atoms with E-state index in [1.165, 1.54) is 18.4 Å². The largest absolute Gasteiger partial charge is 0.481 e. The fourth-order valence-corrected chi connectivity index (χ4v) is 2.51. The summed E-state index contributed by atoms with van der Waals surface area (Å²) < 4.78 is 19.3. The molecule has 3 rings (SSSR count). The Balaban J connectivity index is 2.23. The van der Waals surface area contributed by atoms with Gasteiger partial charge in [0.2, 0.25) is 0 Å². The molecule has 0 amide bonds. The zero-order valence-electron chi connectivity index (χ0n) is 9.07. The highest BCUT2D eigenvalue weighted by Gasteiger charge is 2.47. The van der Waals surface area contributed by atoms with Crippen LogP contribution in [-0.4, -0.2) is 11.1 Å². The maximum absolute atomic E-state index is 14.3. The summed E-state index contributed by atoms with van der Waals surface area (Å²) in [5.41, 5.74) is -0.300. The number of carboxylic acid groups (broad SMARTS) is 1. The van der Waals surface area contributed by atoms with Crippen molar-refractivity contribution in [2.45, 2.75) is 24.7 Å². The Morgan fingerprint density at radius 1 is 1.35 bits per heavy atom. The standard InChI is InChI=1S/C13H11FO3/c14-11-8-4-7-17-10(8)3-2-9(11)13(12(15)16)5-1-6-13/h2-4,7H,1,5-6H2,(H,15,16). The minimum Gasteiger partial charge on any atom is -0.481 e. The van der Waals surface area contributed by atoms with Crippen molar-refractivity contribution in [2.24, 2.45) is 0 Å². The van der Waals surface area contributed by atoms with Crippen molar-refractivity contribution in [2.75, 3.05) is 0 Å². The average Bonchev–Trinajstić information content (AvgIpc) is 2.67. The molecule has 1 heterocycles. The van der Waals surface area contributed by atoms with Gasteiger partial charge in [-0.05, 0) is 25.0 Å². The molecule has 0 aliphatic heterocycles. The molecule has 1 aliphatic carbocycles. The van der Waals surface area contributed by atoms with Crippen LogP contribution in [0.15, 0.2) is 28.9 Å². The van der Waals surface area contributed by atoms with Gasteiger partial charge >= 0.3 is 5.97 Å². The summed E-state index contributed by atoms with van der Waals surface area (Å²) in [5.74, 6) is -1.40. The molecule has 0 unspecified atom stereocenters. The third kappa shape index (κ3) is 1.24. The number of halogens is 1. The Kier molecular flexibility index (Phi) is 2.02. The molecular weight excluding hydrogens is 223 g/mol. The Morgan fingerprint density at radius 3 is 2.71 bits per heavy atom. The molecule has 0 saturated heterocycles. The van der Waals surface area contributed by atoms with E-state index >= 15 is 0 Å². The molecule has 0 bridgehead atoms. The van der Waals surface area contributed by atoms with E-state index in [9.17, 15) is 14.3 Å². The molecule has 0 radical (unpaired) electrons. The first-order valence-electron chi connectivity index (χ1n) is 5.55. The predicted molar refractivity (Wildman–Crippen MR) is 59.3 cm³/mol. The first-order valence-corrected chi connectivity index (χ1v) is 5.55. The Bertz CT molecular complexity index is 596. The third-order valence-electron chi connectivity index (χ3n) is 3.70. The van der Waals surface area contributed by atoms with Crippen LogP contribution in [0.2, 0.25) is 0 Å². The molecule has 2 aromatic rings. The van der Waals surface area contributed by atoms with Crippen molar-refractivity contribution in [3.63, 3.8) is 0 Å². The minimum absolute atomic E-state index is 0.283. The number of rotatable bonds is 2. The lowest BCUT2D eigenvalue weighted by molar-refractivity contribution is -0.147. The van der Waals surface area contributed by atoms with Crippen LogP contribution in [0.1, 0.15) is 24.8 Å². The van der Waals surface area contributed by atoms with E-state index in [0.717, 1.165) is 6.42 Å². The number of hydrogen-bond acceptors (Lipinski definition) is 2. The summed E-state index contributed by atoms with van der Waals surface area (Å²) in [4.78, 5) is 11.3. The fraction of sp³-hybridized carbons (Fsp3) is 0.308. The van der Waals surface area contributed by atoms with Crippen LogP contribution < -0.4 is 0 Å². The molecule has 88 valence electrons. The summed E-state index contributed by atoms with van der Waals surface area (Å²) in [7, 11) is 0. The number of hydrogen-bond donors (Lipinski definition) is 1. The number of aliphatic carboxylic acids is 1. The third-order valence-corrected chi connectivity index (χ3v) is 3.70. The van der Waals surface area contributed by atoms with Crippen molar-refractivity contribution in [1.82, 2.24) is 0 Å². The first-order chi connectivity index (χ1) is 8.15. The van der Waals surface area contributed by atoms with Gasteiger partial charge in [-0.15, -0.1) is 0 Å². The van der Waals surface area contributed by atoms with Crippen LogP contribution >= 0.6 is 0 Å². The minimum atomic E-state index is -1.03. The Morgan fingerprint density at radius 2 is 2.12 bits per heavy atom. The monoisotopic (exact) mass is 234 g/mol. The SMILES string of the molecule is O=C(O)C1(c2ccc3occc3c2F)CCC1. The van der Waals surface area contributed by atoms with Crippen LogP contribution in [0.25, 0.3) is 11.0 Å². The first kappa shape index (κ1) is 10.3. The van der Waals surface area contributed by atoms with E-state index in [4.69, 9.17) is 4.42 Å². The predicted octanol–water partition coefficient (Wildman–Crippen LogP) is 3.08. The molecule has 3 nitrogen and oxygen atoms in total. The van der Waals surface area contributed by atoms with Gasteiger partial charge in [0.05, 0.1) is 17.1 Å². The number of carboxylic acids is 1. The Hall–Kier alpha value is -1.84. The highest BCUT2D eigenvalue weighted by atomic mass is 19.1. The number of benzene rings is 1. The zero-order chi connectivity index (χ0) is 12.0. The lowest BCUT2D eigenvalue weighted by Gasteiger charge is -2.38. The van der Waals surface area contributed by atoms with Gasteiger partial charge in [-0.1, -0.05) is 12.5 Å². The highest BCUT2D eigenvalue weighted by molar-refractivity contribution is 5.86. The molecular formula is C13H11FO3. The van der Waals surface area contributed by atoms with E-state index in [2.05, 4.69) is 0 Å². The molecule has 1 saturated carbocycles. The topological polar surface area (TPSA) is 50.4 Å². The molecule has 1 fully saturated rings. The molecule has 1 aliphatic rings. The van der Waals surface area contributed by atoms with Gasteiger partial charge in [0.25, 0.3) is 0 Å². The van der Waals surface area contributed by atoms with Gasteiger partial charge < -0.3 is 9.52 Å². The zero-order valence-corrected chi connectivity index (χ0v) is 9.07. The van der Waals surface area contributed by atoms with Crippen LogP contribution in [0, 0.1) is 5.82 Å². The fourth-order valence-electron chi connectivity index (χ4n) is 2.51. The van der Waals surface area contributed by atoms with Gasteiger partial charge in [-0.2, -0.15) is 0 Å². The molecule has 0 atom stereocenters. The van der Waals surface area contributed by atoms with Gasteiger partial charge in [0.15, 0.2) is 0 Å². The summed E-state index contributed by atoms with van der Waals surface area (Å²) in [6, 6.07) is 4.70. The molecule has 0 spiro atoms. The summed E-state index contributed by atoms with van der Waals surface area (Å²) in [6.07, 6.45) is 3.24. The van der Waals surface area contributed by atoms with Crippen LogP contribution in [0.3, 0.4) is 0 Å². The van der Waals surface area contributed by atoms with Crippen molar-refractivity contribution in [3.8, 4) is 0 Å². The normalized spacial score (nSPS) is 17.9. The average molecular weight is 234 g/mol. The molecule has 1 aromatic carbocycles. The Labute approximate surface area is 96.8 Å². The summed E-state index contributed by atoms with van der Waals surface area (Å²) in [5, 5.41) is 9.65. The van der Waals surface area contributed by atoms with Crippen LogP contribution in [0.4, 0.5) is 4.39 Å². The number of fused-ring (bicyclic) bond motifs is 1. The summed E-state index contributed by atoms with van der Waals surface area (Å²) in [6.45, 7) is 0. The van der Waals surface area contributed by atoms with E-state index in [1.807, 2.05) is 0 Å². The second kappa shape index (κ2) is 3.32. The van der Waals surface area contributed by atoms with Crippen molar-refractivity contribution in [1.29, 1.82) is 0 Å². The smallest absolute Gasteiger partial charge is 0.314 e. The van der Waals surface area contributed by atoms with Crippen molar-refractivity contribution >= 4 is 16.9 Å². The second-order valence-corrected chi connectivity index (χ2v) is 4.50. The van der Waals surface area contributed by atoms with Gasteiger partial charge in [-0.3, -0.25) is 4.79 Å². The van der Waals surface area contributed by atoms with Crippen molar-refractivity contribution in [3.05, 3.63) is 35.8 Å². The number of carbonyl (C=O) groups is 1. The van der Waals surface area contributed by atoms with Gasteiger partial charge in [0.1, 0.15) is 11.4 Å². The second-order valence-electron chi connectivity index (χ2n) is 4.50. The maximum atomic E-state index is 14.3. The quantitative estimate of drug-likeness (QED) is 0.868. The van der Waals surface area contributed by atoms with E-state index in [0.29, 0.717) is 23.8 Å². The maximum Gasteiger partial charge on any atom is 0.314 e. The van der Waals surface area contributed by atoms with Crippen LogP contribution in [-0.2, 0) is 10.2 Å². The molecule has 1 aromatic heterocycles. The summed E-state index contributed by atoms with van der Waals surface area (Å²) >= 11 is 0. The lowest BCUT2D eigenvalue weighted by atomic mass is 9.64. The molecule has 17 heavy (non-hydrogen) atoms. The van der Waals surface area contributed by atoms with Gasteiger partial charge in [0, 0.05) is 5.56 Å². The van der Waals surface area contributed by atoms with E-state index in [-0.39, 0.29) is 5.56 Å².